The van der Waals surface area contributed by atoms with E-state index in [0.717, 1.165) is 17.8 Å². The average molecular weight is 334 g/mol. The fourth-order valence-corrected chi connectivity index (χ4v) is 2.61. The number of rotatable bonds is 7. The SMILES string of the molecule is CCn1ncc(C(C)NC(=O)CCn2nc([N+](=O)[O-])cc2C)c1C. The van der Waals surface area contributed by atoms with Crippen LogP contribution in [0.4, 0.5) is 5.82 Å². The van der Waals surface area contributed by atoms with Gasteiger partial charge in [0.1, 0.15) is 0 Å². The molecule has 1 unspecified atom stereocenters. The number of aryl methyl sites for hydroxylation is 3. The molecular weight excluding hydrogens is 312 g/mol. The van der Waals surface area contributed by atoms with Crippen molar-refractivity contribution in [3.8, 4) is 0 Å². The topological polar surface area (TPSA) is 108 Å². The molecule has 0 aromatic carbocycles. The third-order valence-electron chi connectivity index (χ3n) is 3.99. The Morgan fingerprint density at radius 1 is 1.42 bits per heavy atom. The zero-order chi connectivity index (χ0) is 17.9. The van der Waals surface area contributed by atoms with E-state index >= 15 is 0 Å². The van der Waals surface area contributed by atoms with Crippen molar-refractivity contribution in [2.24, 2.45) is 0 Å². The first-order valence-electron chi connectivity index (χ1n) is 7.84. The molecule has 0 radical (unpaired) electrons. The van der Waals surface area contributed by atoms with Crippen LogP contribution in [0, 0.1) is 24.0 Å². The van der Waals surface area contributed by atoms with Gasteiger partial charge in [0.15, 0.2) is 0 Å². The molecule has 2 aromatic rings. The number of nitrogens with one attached hydrogen (secondary N) is 1. The maximum atomic E-state index is 12.1. The van der Waals surface area contributed by atoms with Gasteiger partial charge in [-0.3, -0.25) is 9.48 Å². The molecule has 130 valence electrons. The molecule has 0 bridgehead atoms. The van der Waals surface area contributed by atoms with Crippen molar-refractivity contribution in [3.63, 3.8) is 0 Å². The summed E-state index contributed by atoms with van der Waals surface area (Å²) in [7, 11) is 0. The Morgan fingerprint density at radius 3 is 2.67 bits per heavy atom. The van der Waals surface area contributed by atoms with Crippen molar-refractivity contribution in [2.75, 3.05) is 0 Å². The molecule has 0 spiro atoms. The molecule has 2 heterocycles. The van der Waals surface area contributed by atoms with Crippen LogP contribution < -0.4 is 5.32 Å². The number of nitro groups is 1. The van der Waals surface area contributed by atoms with E-state index in [2.05, 4.69) is 15.5 Å². The fourth-order valence-electron chi connectivity index (χ4n) is 2.61. The van der Waals surface area contributed by atoms with Crippen molar-refractivity contribution in [2.45, 2.75) is 53.2 Å². The Bertz CT molecular complexity index is 748. The number of nitrogens with zero attached hydrogens (tertiary/aromatic N) is 5. The van der Waals surface area contributed by atoms with Gasteiger partial charge in [-0.2, -0.15) is 9.78 Å². The molecule has 1 N–H and O–H groups in total. The average Bonchev–Trinajstić information content (AvgIpc) is 3.08. The zero-order valence-corrected chi connectivity index (χ0v) is 14.3. The number of carbonyl (C=O) groups is 1. The Labute approximate surface area is 139 Å². The predicted molar refractivity (Wildman–Crippen MR) is 87.4 cm³/mol. The highest BCUT2D eigenvalue weighted by atomic mass is 16.6. The third-order valence-corrected chi connectivity index (χ3v) is 3.99. The van der Waals surface area contributed by atoms with Crippen molar-refractivity contribution in [3.05, 3.63) is 39.3 Å². The Morgan fingerprint density at radius 2 is 2.12 bits per heavy atom. The lowest BCUT2D eigenvalue weighted by Crippen LogP contribution is -2.28. The maximum absolute atomic E-state index is 12.1. The molecule has 2 aromatic heterocycles. The summed E-state index contributed by atoms with van der Waals surface area (Å²) in [6.45, 7) is 8.70. The Hall–Kier alpha value is -2.71. The second kappa shape index (κ2) is 7.24. The number of carbonyl (C=O) groups excluding carboxylic acids is 1. The van der Waals surface area contributed by atoms with Gasteiger partial charge in [0, 0.05) is 24.2 Å². The van der Waals surface area contributed by atoms with Crippen LogP contribution >= 0.6 is 0 Å². The molecule has 1 atom stereocenters. The molecule has 0 saturated heterocycles. The lowest BCUT2D eigenvalue weighted by molar-refractivity contribution is -0.389. The second-order valence-corrected chi connectivity index (χ2v) is 5.66. The molecule has 9 heteroatoms. The van der Waals surface area contributed by atoms with Gasteiger partial charge < -0.3 is 15.4 Å². The van der Waals surface area contributed by atoms with Crippen molar-refractivity contribution < 1.29 is 9.72 Å². The molecule has 0 aliphatic carbocycles. The first-order valence-corrected chi connectivity index (χ1v) is 7.84. The van der Waals surface area contributed by atoms with Crippen LogP contribution in [0.2, 0.25) is 0 Å². The number of amides is 1. The van der Waals surface area contributed by atoms with E-state index in [1.807, 2.05) is 25.5 Å². The van der Waals surface area contributed by atoms with Gasteiger partial charge >= 0.3 is 5.82 Å². The van der Waals surface area contributed by atoms with Gasteiger partial charge in [-0.25, -0.2) is 0 Å². The summed E-state index contributed by atoms with van der Waals surface area (Å²) in [6, 6.07) is 1.24. The van der Waals surface area contributed by atoms with Crippen LogP contribution in [0.25, 0.3) is 0 Å². The van der Waals surface area contributed by atoms with Gasteiger partial charge in [-0.1, -0.05) is 0 Å². The molecule has 0 aliphatic heterocycles. The van der Waals surface area contributed by atoms with Crippen molar-refractivity contribution >= 4 is 11.7 Å². The van der Waals surface area contributed by atoms with Gasteiger partial charge in [0.05, 0.1) is 35.6 Å². The van der Waals surface area contributed by atoms with Gasteiger partial charge in [0.25, 0.3) is 0 Å². The molecule has 2 rings (SSSR count). The number of hydrogen-bond acceptors (Lipinski definition) is 5. The lowest BCUT2D eigenvalue weighted by atomic mass is 10.1. The van der Waals surface area contributed by atoms with Crippen LogP contribution in [0.5, 0.6) is 0 Å². The van der Waals surface area contributed by atoms with E-state index in [-0.39, 0.29) is 24.2 Å². The van der Waals surface area contributed by atoms with Crippen LogP contribution in [-0.2, 0) is 17.9 Å². The Kier molecular flexibility index (Phi) is 5.32. The standard InChI is InChI=1S/C15H22N6O3/c1-5-19-12(4)13(9-16-19)11(3)17-15(22)6-7-20-10(2)8-14(18-20)21(23)24/h8-9,11H,5-7H2,1-4H3,(H,17,22). The van der Waals surface area contributed by atoms with E-state index in [4.69, 9.17) is 0 Å². The van der Waals surface area contributed by atoms with E-state index in [0.29, 0.717) is 12.2 Å². The molecule has 1 amide bonds. The molecule has 0 fully saturated rings. The summed E-state index contributed by atoms with van der Waals surface area (Å²) in [6.07, 6.45) is 1.97. The van der Waals surface area contributed by atoms with E-state index in [1.54, 1.807) is 13.1 Å². The highest BCUT2D eigenvalue weighted by Crippen LogP contribution is 2.17. The summed E-state index contributed by atoms with van der Waals surface area (Å²) in [4.78, 5) is 22.3. The Balaban J connectivity index is 1.93. The first kappa shape index (κ1) is 17.6. The van der Waals surface area contributed by atoms with Crippen LogP contribution in [0.15, 0.2) is 12.3 Å². The van der Waals surface area contributed by atoms with E-state index in [1.165, 1.54) is 10.7 Å². The smallest absolute Gasteiger partial charge is 0.358 e. The van der Waals surface area contributed by atoms with Gasteiger partial charge in [-0.15, -0.1) is 0 Å². The molecule has 0 aliphatic rings. The minimum atomic E-state index is -0.542. The van der Waals surface area contributed by atoms with E-state index in [9.17, 15) is 14.9 Å². The van der Waals surface area contributed by atoms with Crippen molar-refractivity contribution in [1.82, 2.24) is 24.9 Å². The first-order chi connectivity index (χ1) is 11.3. The van der Waals surface area contributed by atoms with Gasteiger partial charge in [0.2, 0.25) is 5.91 Å². The number of hydrogen-bond donors (Lipinski definition) is 1. The highest BCUT2D eigenvalue weighted by Gasteiger charge is 2.18. The normalized spacial score (nSPS) is 12.2. The minimum Gasteiger partial charge on any atom is -0.358 e. The highest BCUT2D eigenvalue weighted by molar-refractivity contribution is 5.76. The fraction of sp³-hybridized carbons (Fsp3) is 0.533. The van der Waals surface area contributed by atoms with Crippen LogP contribution in [0.3, 0.4) is 0 Å². The molecule has 0 saturated carbocycles. The van der Waals surface area contributed by atoms with Crippen molar-refractivity contribution in [1.29, 1.82) is 0 Å². The molecule has 24 heavy (non-hydrogen) atoms. The zero-order valence-electron chi connectivity index (χ0n) is 14.3. The number of aromatic nitrogens is 4. The third kappa shape index (κ3) is 3.79. The summed E-state index contributed by atoms with van der Waals surface area (Å²) in [5.41, 5.74) is 2.67. The predicted octanol–water partition coefficient (Wildman–Crippen LogP) is 1.89. The summed E-state index contributed by atoms with van der Waals surface area (Å²) in [5.74, 6) is -0.340. The lowest BCUT2D eigenvalue weighted by Gasteiger charge is -2.14. The summed E-state index contributed by atoms with van der Waals surface area (Å²) in [5, 5.41) is 21.8. The minimum absolute atomic E-state index is 0.135. The van der Waals surface area contributed by atoms with Gasteiger partial charge in [-0.05, 0) is 32.6 Å². The van der Waals surface area contributed by atoms with E-state index < -0.39 is 4.92 Å². The quantitative estimate of drug-likeness (QED) is 0.614. The summed E-state index contributed by atoms with van der Waals surface area (Å²) < 4.78 is 3.35. The second-order valence-electron chi connectivity index (χ2n) is 5.66. The van der Waals surface area contributed by atoms with Crippen LogP contribution in [-0.4, -0.2) is 30.4 Å². The molecule has 9 nitrogen and oxygen atoms in total. The maximum Gasteiger partial charge on any atom is 0.390 e. The monoisotopic (exact) mass is 334 g/mol. The largest absolute Gasteiger partial charge is 0.390 e. The summed E-state index contributed by atoms with van der Waals surface area (Å²) >= 11 is 0. The van der Waals surface area contributed by atoms with Crippen LogP contribution in [0.1, 0.15) is 43.3 Å². The molecular formula is C15H22N6O3.